The van der Waals surface area contributed by atoms with E-state index in [4.69, 9.17) is 0 Å². The molecule has 4 nitrogen and oxygen atoms in total. The molecule has 0 atom stereocenters. The maximum absolute atomic E-state index is 3.86. The number of nitrogens with zero attached hydrogens (tertiary/aromatic N) is 4. The van der Waals surface area contributed by atoms with E-state index >= 15 is 0 Å². The van der Waals surface area contributed by atoms with Crippen molar-refractivity contribution in [3.8, 4) is 0 Å². The van der Waals surface area contributed by atoms with Crippen molar-refractivity contribution in [2.45, 2.75) is 0 Å². The average Bonchev–Trinajstić information content (AvgIpc) is 2.33. The molecule has 0 spiro atoms. The summed E-state index contributed by atoms with van der Waals surface area (Å²) in [5, 5.41) is 7.40. The molecule has 0 N–H and O–H groups in total. The lowest BCUT2D eigenvalue weighted by atomic mass is 10.5. The Hall–Kier alpha value is -1.45. The van der Waals surface area contributed by atoms with Gasteiger partial charge in [0, 0.05) is 0 Å². The number of rotatable bonds is 0. The van der Waals surface area contributed by atoms with E-state index < -0.39 is 0 Å². The number of aromatic nitrogens is 4. The van der Waals surface area contributed by atoms with E-state index in [1.165, 1.54) is 0 Å². The summed E-state index contributed by atoms with van der Waals surface area (Å²) in [5.41, 5.74) is 0.963. The lowest BCUT2D eigenvalue weighted by Gasteiger charge is -1.83. The summed E-state index contributed by atoms with van der Waals surface area (Å²) in [7, 11) is 0. The quantitative estimate of drug-likeness (QED) is 0.496. The van der Waals surface area contributed by atoms with Gasteiger partial charge < -0.3 is 0 Å². The van der Waals surface area contributed by atoms with Crippen LogP contribution in [0.5, 0.6) is 0 Å². The van der Waals surface area contributed by atoms with Crippen molar-refractivity contribution in [1.29, 1.82) is 0 Å². The predicted octanol–water partition coefficient (Wildman–Crippen LogP) is 0.124. The van der Waals surface area contributed by atoms with Crippen LogP contribution in [-0.2, 0) is 0 Å². The lowest BCUT2D eigenvalue weighted by Crippen LogP contribution is -1.89. The van der Waals surface area contributed by atoms with Crippen LogP contribution in [0.15, 0.2) is 24.8 Å². The van der Waals surface area contributed by atoms with Crippen molar-refractivity contribution in [2.75, 3.05) is 0 Å². The Morgan fingerprint density at radius 3 is 3.33 bits per heavy atom. The van der Waals surface area contributed by atoms with E-state index in [0.29, 0.717) is 0 Å². The maximum atomic E-state index is 3.86. The highest BCUT2D eigenvalue weighted by molar-refractivity contribution is 5.40. The fourth-order valence-corrected chi connectivity index (χ4v) is 0.688. The van der Waals surface area contributed by atoms with Crippen LogP contribution in [0.25, 0.3) is 5.52 Å². The fourth-order valence-electron chi connectivity index (χ4n) is 0.688. The molecule has 0 saturated heterocycles. The normalized spacial score (nSPS) is 10.2. The molecule has 2 rings (SSSR count). The topological polar surface area (TPSA) is 43.1 Å². The van der Waals surface area contributed by atoms with Gasteiger partial charge in [-0.05, 0) is 6.07 Å². The molecule has 0 bridgehead atoms. The maximum Gasteiger partial charge on any atom is 0.119 e. The Labute approximate surface area is 51.1 Å². The van der Waals surface area contributed by atoms with Gasteiger partial charge in [-0.2, -0.15) is 0 Å². The molecular formula is C5H4N4. The van der Waals surface area contributed by atoms with E-state index in [-0.39, 0.29) is 0 Å². The summed E-state index contributed by atoms with van der Waals surface area (Å²) >= 11 is 0. The van der Waals surface area contributed by atoms with Crippen LogP contribution in [0, 0.1) is 0 Å². The third-order valence-electron chi connectivity index (χ3n) is 1.11. The molecule has 0 aliphatic rings. The largest absolute Gasteiger partial charge is 0.242 e. The molecule has 0 saturated carbocycles. The zero-order valence-electron chi connectivity index (χ0n) is 4.60. The van der Waals surface area contributed by atoms with Crippen molar-refractivity contribution in [2.24, 2.45) is 0 Å². The molecule has 0 amide bonds. The van der Waals surface area contributed by atoms with Crippen molar-refractivity contribution >= 4 is 5.52 Å². The lowest BCUT2D eigenvalue weighted by molar-refractivity contribution is 0.803. The SMILES string of the molecule is c1cc2cncn2nn1. The fraction of sp³-hybridized carbons (Fsp3) is 0. The molecule has 0 radical (unpaired) electrons. The average molecular weight is 120 g/mol. The van der Waals surface area contributed by atoms with Gasteiger partial charge in [0.2, 0.25) is 0 Å². The van der Waals surface area contributed by atoms with Crippen LogP contribution in [0.1, 0.15) is 0 Å². The minimum Gasteiger partial charge on any atom is -0.242 e. The molecule has 44 valence electrons. The van der Waals surface area contributed by atoms with Crippen molar-refractivity contribution < 1.29 is 0 Å². The van der Waals surface area contributed by atoms with Gasteiger partial charge in [0.15, 0.2) is 0 Å². The van der Waals surface area contributed by atoms with Gasteiger partial charge in [-0.15, -0.1) is 5.10 Å². The molecule has 0 aliphatic carbocycles. The first-order chi connectivity index (χ1) is 4.47. The van der Waals surface area contributed by atoms with Crippen LogP contribution in [0.2, 0.25) is 0 Å². The first kappa shape index (κ1) is 4.43. The number of fused-ring (bicyclic) bond motifs is 1. The van der Waals surface area contributed by atoms with Crippen LogP contribution < -0.4 is 0 Å². The minimum atomic E-state index is 0.963. The van der Waals surface area contributed by atoms with Crippen molar-refractivity contribution in [3.63, 3.8) is 0 Å². The van der Waals surface area contributed by atoms with E-state index in [9.17, 15) is 0 Å². The van der Waals surface area contributed by atoms with Crippen molar-refractivity contribution in [1.82, 2.24) is 19.8 Å². The number of hydrogen-bond donors (Lipinski definition) is 0. The second-order valence-corrected chi connectivity index (χ2v) is 1.68. The molecule has 2 heterocycles. The first-order valence-corrected chi connectivity index (χ1v) is 2.57. The van der Waals surface area contributed by atoms with Gasteiger partial charge in [-0.1, -0.05) is 5.21 Å². The van der Waals surface area contributed by atoms with Crippen LogP contribution in [0.4, 0.5) is 0 Å². The molecule has 0 aromatic carbocycles. The summed E-state index contributed by atoms with van der Waals surface area (Å²) in [5.74, 6) is 0. The Kier molecular flexibility index (Phi) is 0.745. The highest BCUT2D eigenvalue weighted by Crippen LogP contribution is 1.93. The monoisotopic (exact) mass is 120 g/mol. The standard InChI is InChI=1S/C5H4N4/c1-2-7-8-9-4-6-3-5(1)9/h1-4H. The van der Waals surface area contributed by atoms with E-state index in [1.807, 2.05) is 6.07 Å². The van der Waals surface area contributed by atoms with Gasteiger partial charge >= 0.3 is 0 Å². The zero-order valence-corrected chi connectivity index (χ0v) is 4.60. The minimum absolute atomic E-state index is 0.963. The highest BCUT2D eigenvalue weighted by atomic mass is 15.4. The molecule has 0 aliphatic heterocycles. The van der Waals surface area contributed by atoms with Crippen LogP contribution in [-0.4, -0.2) is 19.8 Å². The highest BCUT2D eigenvalue weighted by Gasteiger charge is 1.87. The van der Waals surface area contributed by atoms with Crippen molar-refractivity contribution in [3.05, 3.63) is 24.8 Å². The zero-order chi connectivity index (χ0) is 6.10. The van der Waals surface area contributed by atoms with Gasteiger partial charge in [-0.25, -0.2) is 9.50 Å². The predicted molar refractivity (Wildman–Crippen MR) is 30.8 cm³/mol. The van der Waals surface area contributed by atoms with Crippen LogP contribution in [0.3, 0.4) is 0 Å². The van der Waals surface area contributed by atoms with E-state index in [1.54, 1.807) is 23.2 Å². The second kappa shape index (κ2) is 1.51. The summed E-state index contributed by atoms with van der Waals surface area (Å²) in [6, 6.07) is 1.85. The van der Waals surface area contributed by atoms with E-state index in [2.05, 4.69) is 15.3 Å². The summed E-state index contributed by atoms with van der Waals surface area (Å²) < 4.78 is 1.61. The summed E-state index contributed by atoms with van der Waals surface area (Å²) in [6.45, 7) is 0. The smallest absolute Gasteiger partial charge is 0.119 e. The number of hydrogen-bond acceptors (Lipinski definition) is 3. The van der Waals surface area contributed by atoms with Gasteiger partial charge in [0.25, 0.3) is 0 Å². The Morgan fingerprint density at radius 1 is 1.44 bits per heavy atom. The molecule has 2 aromatic heterocycles. The Balaban J connectivity index is 2.95. The van der Waals surface area contributed by atoms with Gasteiger partial charge in [0.1, 0.15) is 6.33 Å². The first-order valence-electron chi connectivity index (χ1n) is 2.57. The van der Waals surface area contributed by atoms with Gasteiger partial charge in [0.05, 0.1) is 17.9 Å². The molecule has 0 fully saturated rings. The van der Waals surface area contributed by atoms with E-state index in [0.717, 1.165) is 5.52 Å². The Bertz CT molecular complexity index is 283. The van der Waals surface area contributed by atoms with Gasteiger partial charge in [-0.3, -0.25) is 0 Å². The molecule has 2 aromatic rings. The molecular weight excluding hydrogens is 116 g/mol. The number of imidazole rings is 1. The van der Waals surface area contributed by atoms with Crippen LogP contribution >= 0.6 is 0 Å². The summed E-state index contributed by atoms with van der Waals surface area (Å²) in [6.07, 6.45) is 4.98. The molecule has 4 heteroatoms. The molecule has 9 heavy (non-hydrogen) atoms. The summed E-state index contributed by atoms with van der Waals surface area (Å²) in [4.78, 5) is 3.86. The third-order valence-corrected chi connectivity index (χ3v) is 1.11. The second-order valence-electron chi connectivity index (χ2n) is 1.68. The Morgan fingerprint density at radius 2 is 2.44 bits per heavy atom. The molecule has 0 unspecified atom stereocenters. The third kappa shape index (κ3) is 0.561.